The maximum Gasteiger partial charge on any atom is 0.226 e. The van der Waals surface area contributed by atoms with Crippen molar-refractivity contribution in [1.82, 2.24) is 15.2 Å². The lowest BCUT2D eigenvalue weighted by Gasteiger charge is -2.25. The maximum absolute atomic E-state index is 12.8. The number of nitrogens with one attached hydrogen (secondary N) is 2. The Balaban J connectivity index is 1.35. The van der Waals surface area contributed by atoms with Gasteiger partial charge in [-0.25, -0.2) is 0 Å². The Morgan fingerprint density at radius 3 is 2.65 bits per heavy atom. The molecule has 8 heteroatoms. The average molecular weight is 529 g/mol. The second kappa shape index (κ2) is 11.2. The number of benzene rings is 2. The van der Waals surface area contributed by atoms with Gasteiger partial charge < -0.3 is 20.0 Å². The Morgan fingerprint density at radius 2 is 1.89 bits per heavy atom. The number of furan rings is 1. The fourth-order valence-electron chi connectivity index (χ4n) is 4.39. The van der Waals surface area contributed by atoms with Gasteiger partial charge in [-0.05, 0) is 80.2 Å². The van der Waals surface area contributed by atoms with E-state index in [0.717, 1.165) is 32.7 Å². The van der Waals surface area contributed by atoms with E-state index in [1.165, 1.54) is 5.56 Å². The number of nitrogens with zero attached hydrogens (tertiary/aromatic N) is 2. The highest BCUT2D eigenvalue weighted by Crippen LogP contribution is 2.41. The number of pyridine rings is 1. The number of hydrogen-bond acceptors (Lipinski definition) is 5. The van der Waals surface area contributed by atoms with Crippen LogP contribution in [0.1, 0.15) is 41.1 Å². The van der Waals surface area contributed by atoms with Gasteiger partial charge in [0, 0.05) is 29.7 Å². The number of amides is 1. The Bertz CT molecular complexity index is 1390. The number of carbonyl (C=O) groups excluding carboxylic acids is 1. The van der Waals surface area contributed by atoms with Crippen LogP contribution in [0.3, 0.4) is 0 Å². The Labute approximate surface area is 226 Å². The number of aryl methyl sites for hydroxylation is 2. The minimum Gasteiger partial charge on any atom is -0.452 e. The van der Waals surface area contributed by atoms with Crippen molar-refractivity contribution in [1.29, 1.82) is 0 Å². The highest BCUT2D eigenvalue weighted by atomic mass is 32.2. The summed E-state index contributed by atoms with van der Waals surface area (Å²) in [6.45, 7) is 4.52. The van der Waals surface area contributed by atoms with Gasteiger partial charge in [0.25, 0.3) is 0 Å². The van der Waals surface area contributed by atoms with Crippen molar-refractivity contribution in [3.8, 4) is 0 Å². The number of thiocarbonyl (C=S) groups is 1. The summed E-state index contributed by atoms with van der Waals surface area (Å²) in [6.07, 6.45) is 2.06. The summed E-state index contributed by atoms with van der Waals surface area (Å²) < 4.78 is 6.34. The van der Waals surface area contributed by atoms with E-state index in [9.17, 15) is 4.79 Å². The second-order valence-corrected chi connectivity index (χ2v) is 10.5. The summed E-state index contributed by atoms with van der Waals surface area (Å²) in [7, 11) is 0. The van der Waals surface area contributed by atoms with Gasteiger partial charge in [-0.3, -0.25) is 9.78 Å². The second-order valence-electron chi connectivity index (χ2n) is 9.06. The Kier molecular flexibility index (Phi) is 7.58. The zero-order chi connectivity index (χ0) is 25.8. The third-order valence-electron chi connectivity index (χ3n) is 6.21. The predicted molar refractivity (Wildman–Crippen MR) is 151 cm³/mol. The van der Waals surface area contributed by atoms with Crippen LogP contribution in [-0.4, -0.2) is 27.4 Å². The van der Waals surface area contributed by atoms with Crippen molar-refractivity contribution < 1.29 is 9.21 Å². The minimum absolute atomic E-state index is 0.0662. The van der Waals surface area contributed by atoms with Gasteiger partial charge in [-0.1, -0.05) is 47.7 Å². The van der Waals surface area contributed by atoms with E-state index in [1.54, 1.807) is 18.0 Å². The van der Waals surface area contributed by atoms with Gasteiger partial charge in [-0.2, -0.15) is 0 Å². The third kappa shape index (κ3) is 6.03. The van der Waals surface area contributed by atoms with Crippen LogP contribution in [0.2, 0.25) is 0 Å². The molecule has 37 heavy (non-hydrogen) atoms. The molecule has 3 heterocycles. The maximum atomic E-state index is 12.8. The molecule has 1 aliphatic rings. The van der Waals surface area contributed by atoms with E-state index in [-0.39, 0.29) is 24.4 Å². The molecule has 2 aromatic carbocycles. The van der Waals surface area contributed by atoms with Crippen molar-refractivity contribution in [2.24, 2.45) is 0 Å². The van der Waals surface area contributed by atoms with Crippen LogP contribution in [0.15, 0.2) is 99.5 Å². The number of rotatable bonds is 8. The average Bonchev–Trinajstić information content (AvgIpc) is 3.48. The topological polar surface area (TPSA) is 70.4 Å². The zero-order valence-electron chi connectivity index (χ0n) is 20.7. The first-order chi connectivity index (χ1) is 18.0. The first-order valence-electron chi connectivity index (χ1n) is 12.1. The van der Waals surface area contributed by atoms with Gasteiger partial charge in [-0.15, -0.1) is 0 Å². The van der Waals surface area contributed by atoms with Crippen molar-refractivity contribution in [3.63, 3.8) is 0 Å². The molecule has 1 fully saturated rings. The van der Waals surface area contributed by atoms with Crippen LogP contribution in [0, 0.1) is 13.8 Å². The summed E-state index contributed by atoms with van der Waals surface area (Å²) in [6, 6.07) is 25.5. The lowest BCUT2D eigenvalue weighted by Crippen LogP contribution is -2.32. The van der Waals surface area contributed by atoms with Gasteiger partial charge >= 0.3 is 0 Å². The fourth-order valence-corrected chi connectivity index (χ4v) is 5.50. The van der Waals surface area contributed by atoms with E-state index >= 15 is 0 Å². The summed E-state index contributed by atoms with van der Waals surface area (Å²) in [5, 5.41) is 7.77. The lowest BCUT2D eigenvalue weighted by atomic mass is 10.0. The number of hydrogen-bond donors (Lipinski definition) is 2. The molecule has 4 aromatic rings. The molecular weight excluding hydrogens is 500 g/mol. The van der Waals surface area contributed by atoms with Crippen LogP contribution in [0.25, 0.3) is 0 Å². The van der Waals surface area contributed by atoms with Gasteiger partial charge in [0.05, 0.1) is 11.7 Å². The summed E-state index contributed by atoms with van der Waals surface area (Å²) >= 11 is 7.30. The van der Waals surface area contributed by atoms with Crippen LogP contribution >= 0.6 is 24.0 Å². The first-order valence-corrected chi connectivity index (χ1v) is 13.4. The molecule has 1 amide bonds. The van der Waals surface area contributed by atoms with E-state index in [4.69, 9.17) is 16.6 Å². The molecule has 0 radical (unpaired) electrons. The molecule has 0 bridgehead atoms. The molecule has 2 N–H and O–H groups in total. The van der Waals surface area contributed by atoms with E-state index in [2.05, 4.69) is 46.8 Å². The van der Waals surface area contributed by atoms with E-state index in [0.29, 0.717) is 11.7 Å². The lowest BCUT2D eigenvalue weighted by molar-refractivity contribution is -0.116. The van der Waals surface area contributed by atoms with Crippen LogP contribution in [0.5, 0.6) is 0 Å². The smallest absolute Gasteiger partial charge is 0.226 e. The van der Waals surface area contributed by atoms with Crippen LogP contribution < -0.4 is 10.6 Å². The van der Waals surface area contributed by atoms with Gasteiger partial charge in [0.1, 0.15) is 11.8 Å². The summed E-state index contributed by atoms with van der Waals surface area (Å²) in [5.74, 6) is 0.709. The van der Waals surface area contributed by atoms with Crippen LogP contribution in [0.4, 0.5) is 5.69 Å². The fraction of sp³-hybridized carbons (Fsp3) is 0.207. The van der Waals surface area contributed by atoms with Gasteiger partial charge in [0.2, 0.25) is 5.91 Å². The molecule has 1 saturated heterocycles. The van der Waals surface area contributed by atoms with Crippen LogP contribution in [-0.2, 0) is 4.79 Å². The summed E-state index contributed by atoms with van der Waals surface area (Å²) in [4.78, 5) is 20.5. The number of aromatic nitrogens is 1. The van der Waals surface area contributed by atoms with E-state index in [1.807, 2.05) is 66.4 Å². The Morgan fingerprint density at radius 1 is 1.05 bits per heavy atom. The zero-order valence-corrected chi connectivity index (χ0v) is 22.3. The molecule has 0 unspecified atom stereocenters. The molecule has 5 rings (SSSR count). The molecule has 6 nitrogen and oxygen atoms in total. The third-order valence-corrected chi connectivity index (χ3v) is 7.49. The SMILES string of the molecule is Cc1ccc(Sc2ccc([C@H]3[C@H](c4ccccn4)NC(=S)N3CCC(=O)Nc3cccc(C)c3)o2)cc1. The predicted octanol–water partition coefficient (Wildman–Crippen LogP) is 6.44. The molecule has 188 valence electrons. The van der Waals surface area contributed by atoms with Crippen molar-refractivity contribution in [2.75, 3.05) is 11.9 Å². The number of carbonyl (C=O) groups is 1. The largest absolute Gasteiger partial charge is 0.452 e. The first kappa shape index (κ1) is 25.0. The molecule has 0 aliphatic carbocycles. The van der Waals surface area contributed by atoms with E-state index < -0.39 is 0 Å². The standard InChI is InChI=1S/C29H28N4O2S2/c1-19-9-11-22(12-10-19)37-26-14-13-24(35-26)28-27(23-8-3-4-16-30-23)32-29(36)33(28)17-15-25(34)31-21-7-5-6-20(2)18-21/h3-14,16,18,27-28H,15,17H2,1-2H3,(H,31,34)(H,32,36)/t27-,28-/m0/s1. The van der Waals surface area contributed by atoms with Crippen molar-refractivity contribution >= 4 is 40.7 Å². The van der Waals surface area contributed by atoms with Crippen molar-refractivity contribution in [2.45, 2.75) is 42.3 Å². The molecule has 2 atom stereocenters. The molecule has 2 aromatic heterocycles. The quantitative estimate of drug-likeness (QED) is 0.255. The molecule has 0 spiro atoms. The molecule has 0 saturated carbocycles. The van der Waals surface area contributed by atoms with Gasteiger partial charge in [0.15, 0.2) is 10.2 Å². The Hall–Kier alpha value is -3.62. The summed E-state index contributed by atoms with van der Waals surface area (Å²) in [5.41, 5.74) is 3.97. The monoisotopic (exact) mass is 528 g/mol. The highest BCUT2D eigenvalue weighted by Gasteiger charge is 2.41. The highest BCUT2D eigenvalue weighted by molar-refractivity contribution is 7.99. The van der Waals surface area contributed by atoms with Crippen molar-refractivity contribution in [3.05, 3.63) is 108 Å². The normalized spacial score (nSPS) is 17.0. The number of anilines is 1. The minimum atomic E-state index is -0.235. The molecule has 1 aliphatic heterocycles. The molecular formula is C29H28N4O2S2.